The quantitative estimate of drug-likeness (QED) is 0.597. The van der Waals surface area contributed by atoms with E-state index in [1.54, 1.807) is 0 Å². The Bertz CT molecular complexity index is 103. The van der Waals surface area contributed by atoms with Crippen molar-refractivity contribution in [2.24, 2.45) is 5.92 Å². The number of hydrogen-bond donors (Lipinski definition) is 1. The molecule has 0 rings (SSSR count). The van der Waals surface area contributed by atoms with E-state index in [9.17, 15) is 0 Å². The predicted octanol–water partition coefficient (Wildman–Crippen LogP) is 2.36. The minimum absolute atomic E-state index is 0.228. The van der Waals surface area contributed by atoms with Crippen LogP contribution in [0.1, 0.15) is 33.6 Å². The normalized spacial score (nSPS) is 12.7. The zero-order valence-corrected chi connectivity index (χ0v) is 7.22. The number of hydrogen-bond acceptors (Lipinski definition) is 1. The second kappa shape index (κ2) is 5.48. The molecular formula is C9H18O. The average molecular weight is 142 g/mol. The van der Waals surface area contributed by atoms with Gasteiger partial charge in [0.2, 0.25) is 0 Å². The first kappa shape index (κ1) is 9.70. The fourth-order valence-electron chi connectivity index (χ4n) is 1.03. The molecule has 0 aromatic carbocycles. The summed E-state index contributed by atoms with van der Waals surface area (Å²) in [6.45, 7) is 6.65. The van der Waals surface area contributed by atoms with Crippen molar-refractivity contribution in [1.29, 1.82) is 0 Å². The largest absolute Gasteiger partial charge is 0.392 e. The van der Waals surface area contributed by atoms with Gasteiger partial charge in [-0.2, -0.15) is 0 Å². The molecule has 0 spiro atoms. The molecule has 0 aromatic heterocycles. The zero-order chi connectivity index (χ0) is 7.98. The van der Waals surface area contributed by atoms with Crippen LogP contribution in [-0.4, -0.2) is 11.7 Å². The van der Waals surface area contributed by atoms with E-state index in [2.05, 4.69) is 26.8 Å². The maximum Gasteiger partial charge on any atom is 0.0641 e. The summed E-state index contributed by atoms with van der Waals surface area (Å²) in [6.07, 6.45) is 4.17. The molecule has 0 aliphatic carbocycles. The summed E-state index contributed by atoms with van der Waals surface area (Å²) in [5.41, 5.74) is 1.18. The lowest BCUT2D eigenvalue weighted by atomic mass is 10.0. The molecule has 1 N–H and O–H groups in total. The van der Waals surface area contributed by atoms with Gasteiger partial charge in [-0.3, -0.25) is 0 Å². The zero-order valence-electron chi connectivity index (χ0n) is 7.22. The molecule has 60 valence electrons. The maximum absolute atomic E-state index is 8.84. The van der Waals surface area contributed by atoms with Crippen molar-refractivity contribution < 1.29 is 5.11 Å². The minimum Gasteiger partial charge on any atom is -0.392 e. The van der Waals surface area contributed by atoms with E-state index in [0.717, 1.165) is 12.8 Å². The first-order valence-electron chi connectivity index (χ1n) is 3.99. The highest BCUT2D eigenvalue weighted by molar-refractivity contribution is 5.01. The molecule has 0 aliphatic rings. The summed E-state index contributed by atoms with van der Waals surface area (Å²) in [5.74, 6) is 0.657. The van der Waals surface area contributed by atoms with Crippen LogP contribution in [0.5, 0.6) is 0 Å². The van der Waals surface area contributed by atoms with E-state index in [1.807, 2.05) is 0 Å². The SMILES string of the molecule is CCC=C(CO)CC(C)C. The van der Waals surface area contributed by atoms with Gasteiger partial charge in [0.05, 0.1) is 6.61 Å². The minimum atomic E-state index is 0.228. The van der Waals surface area contributed by atoms with Gasteiger partial charge in [-0.25, -0.2) is 0 Å². The van der Waals surface area contributed by atoms with Crippen molar-refractivity contribution in [3.05, 3.63) is 11.6 Å². The number of rotatable bonds is 4. The molecule has 0 radical (unpaired) electrons. The molecule has 0 unspecified atom stereocenters. The lowest BCUT2D eigenvalue weighted by Gasteiger charge is -2.05. The second-order valence-electron chi connectivity index (χ2n) is 3.03. The van der Waals surface area contributed by atoms with Crippen molar-refractivity contribution in [3.63, 3.8) is 0 Å². The van der Waals surface area contributed by atoms with Crippen LogP contribution in [0.2, 0.25) is 0 Å². The van der Waals surface area contributed by atoms with Crippen LogP contribution in [0.4, 0.5) is 0 Å². The second-order valence-corrected chi connectivity index (χ2v) is 3.03. The van der Waals surface area contributed by atoms with Crippen molar-refractivity contribution in [2.45, 2.75) is 33.6 Å². The summed E-state index contributed by atoms with van der Waals surface area (Å²) in [5, 5.41) is 8.84. The van der Waals surface area contributed by atoms with E-state index < -0.39 is 0 Å². The van der Waals surface area contributed by atoms with Crippen LogP contribution < -0.4 is 0 Å². The van der Waals surface area contributed by atoms with E-state index in [1.165, 1.54) is 5.57 Å². The Morgan fingerprint density at radius 2 is 2.10 bits per heavy atom. The van der Waals surface area contributed by atoms with E-state index >= 15 is 0 Å². The van der Waals surface area contributed by atoms with Gasteiger partial charge in [-0.15, -0.1) is 0 Å². The average Bonchev–Trinajstić information content (AvgIpc) is 1.86. The van der Waals surface area contributed by atoms with Crippen LogP contribution in [0.25, 0.3) is 0 Å². The van der Waals surface area contributed by atoms with E-state index in [0.29, 0.717) is 5.92 Å². The Balaban J connectivity index is 3.71. The van der Waals surface area contributed by atoms with E-state index in [-0.39, 0.29) is 6.61 Å². The van der Waals surface area contributed by atoms with Gasteiger partial charge >= 0.3 is 0 Å². The van der Waals surface area contributed by atoms with Crippen molar-refractivity contribution in [1.82, 2.24) is 0 Å². The number of aliphatic hydroxyl groups is 1. The molecule has 1 nitrogen and oxygen atoms in total. The van der Waals surface area contributed by atoms with Gasteiger partial charge in [-0.05, 0) is 24.3 Å². The lowest BCUT2D eigenvalue weighted by molar-refractivity contribution is 0.321. The van der Waals surface area contributed by atoms with Gasteiger partial charge in [0, 0.05) is 0 Å². The van der Waals surface area contributed by atoms with E-state index in [4.69, 9.17) is 5.11 Å². The highest BCUT2D eigenvalue weighted by atomic mass is 16.3. The maximum atomic E-state index is 8.84. The Kier molecular flexibility index (Phi) is 5.32. The molecule has 0 saturated heterocycles. The molecular weight excluding hydrogens is 124 g/mol. The fraction of sp³-hybridized carbons (Fsp3) is 0.778. The van der Waals surface area contributed by atoms with Crippen LogP contribution in [0.3, 0.4) is 0 Å². The highest BCUT2D eigenvalue weighted by Gasteiger charge is 1.97. The summed E-state index contributed by atoms with van der Waals surface area (Å²) in [7, 11) is 0. The van der Waals surface area contributed by atoms with Crippen LogP contribution >= 0.6 is 0 Å². The molecule has 0 heterocycles. The third-order valence-corrected chi connectivity index (χ3v) is 1.37. The van der Waals surface area contributed by atoms with Crippen LogP contribution in [-0.2, 0) is 0 Å². The van der Waals surface area contributed by atoms with Gasteiger partial charge in [0.1, 0.15) is 0 Å². The first-order valence-corrected chi connectivity index (χ1v) is 3.99. The summed E-state index contributed by atoms with van der Waals surface area (Å²) < 4.78 is 0. The fourth-order valence-corrected chi connectivity index (χ4v) is 1.03. The van der Waals surface area contributed by atoms with Crippen molar-refractivity contribution in [3.8, 4) is 0 Å². The first-order chi connectivity index (χ1) is 4.70. The summed E-state index contributed by atoms with van der Waals surface area (Å²) >= 11 is 0. The molecule has 0 aliphatic heterocycles. The van der Waals surface area contributed by atoms with Gasteiger partial charge in [-0.1, -0.05) is 26.8 Å². The molecule has 0 fully saturated rings. The standard InChI is InChI=1S/C9H18O/c1-4-5-9(7-10)6-8(2)3/h5,8,10H,4,6-7H2,1-3H3. The van der Waals surface area contributed by atoms with Crippen LogP contribution in [0, 0.1) is 5.92 Å². The number of aliphatic hydroxyl groups excluding tert-OH is 1. The third-order valence-electron chi connectivity index (χ3n) is 1.37. The Morgan fingerprint density at radius 3 is 2.40 bits per heavy atom. The predicted molar refractivity (Wildman–Crippen MR) is 44.9 cm³/mol. The highest BCUT2D eigenvalue weighted by Crippen LogP contribution is 2.09. The Labute approximate surface area is 63.8 Å². The smallest absolute Gasteiger partial charge is 0.0641 e. The van der Waals surface area contributed by atoms with Crippen LogP contribution in [0.15, 0.2) is 11.6 Å². The molecule has 1 heteroatoms. The molecule has 0 atom stereocenters. The molecule has 0 saturated carbocycles. The van der Waals surface area contributed by atoms with Crippen molar-refractivity contribution >= 4 is 0 Å². The van der Waals surface area contributed by atoms with Gasteiger partial charge in [0.15, 0.2) is 0 Å². The topological polar surface area (TPSA) is 20.2 Å². The lowest BCUT2D eigenvalue weighted by Crippen LogP contribution is -1.95. The van der Waals surface area contributed by atoms with Gasteiger partial charge in [0.25, 0.3) is 0 Å². The summed E-state index contributed by atoms with van der Waals surface area (Å²) in [6, 6.07) is 0. The molecule has 10 heavy (non-hydrogen) atoms. The Morgan fingerprint density at radius 1 is 1.50 bits per heavy atom. The number of allylic oxidation sites excluding steroid dienone is 1. The third kappa shape index (κ3) is 4.57. The van der Waals surface area contributed by atoms with Gasteiger partial charge < -0.3 is 5.11 Å². The molecule has 0 bridgehead atoms. The molecule has 0 aromatic rings. The molecule has 0 amide bonds. The summed E-state index contributed by atoms with van der Waals surface area (Å²) in [4.78, 5) is 0. The monoisotopic (exact) mass is 142 g/mol. The Hall–Kier alpha value is -0.300. The van der Waals surface area contributed by atoms with Crippen molar-refractivity contribution in [2.75, 3.05) is 6.61 Å².